The number of ether oxygens (including phenoxy) is 2. The number of thiocarbonyl (C=S) groups is 1. The van der Waals surface area contributed by atoms with Crippen LogP contribution in [0, 0.1) is 0 Å². The fourth-order valence-corrected chi connectivity index (χ4v) is 2.33. The van der Waals surface area contributed by atoms with E-state index in [1.165, 1.54) is 24.2 Å². The monoisotopic (exact) mass is 332 g/mol. The lowest BCUT2D eigenvalue weighted by Crippen LogP contribution is -2.53. The topological polar surface area (TPSA) is 67.9 Å². The third-order valence-electron chi connectivity index (χ3n) is 3.24. The molecule has 1 aromatic carbocycles. The lowest BCUT2D eigenvalue weighted by atomic mass is 10.1. The van der Waals surface area contributed by atoms with Gasteiger partial charge in [0.25, 0.3) is 11.8 Å². The average molecular weight is 332 g/mol. The fourth-order valence-electron chi connectivity index (χ4n) is 2.08. The first-order valence-electron chi connectivity index (χ1n) is 6.73. The highest BCUT2D eigenvalue weighted by Crippen LogP contribution is 2.27. The highest BCUT2D eigenvalue weighted by atomic mass is 32.1. The number of methoxy groups -OCH3 is 2. The number of amides is 2. The maximum atomic E-state index is 12.5. The molecule has 0 aliphatic carbocycles. The molecule has 2 amide bonds. The number of hydrogen-bond donors (Lipinski definition) is 1. The van der Waals surface area contributed by atoms with E-state index in [1.54, 1.807) is 25.3 Å². The fraction of sp³-hybridized carbons (Fsp3) is 0.188. The molecule has 1 heterocycles. The first-order chi connectivity index (χ1) is 11.0. The number of rotatable bonds is 5. The van der Waals surface area contributed by atoms with Gasteiger partial charge in [-0.3, -0.25) is 19.8 Å². The summed E-state index contributed by atoms with van der Waals surface area (Å²) >= 11 is 5.00. The quantitative estimate of drug-likeness (QED) is 0.383. The third kappa shape index (κ3) is 3.40. The Balaban J connectivity index is 2.44. The summed E-state index contributed by atoms with van der Waals surface area (Å²) in [6.07, 6.45) is 3.00. The van der Waals surface area contributed by atoms with E-state index in [9.17, 15) is 9.59 Å². The number of nitrogens with zero attached hydrogens (tertiary/aromatic N) is 1. The third-order valence-corrected chi connectivity index (χ3v) is 3.56. The lowest BCUT2D eigenvalue weighted by molar-refractivity contribution is -0.128. The number of nitrogens with one attached hydrogen (secondary N) is 1. The van der Waals surface area contributed by atoms with E-state index in [2.05, 4.69) is 11.9 Å². The molecule has 0 radical (unpaired) electrons. The van der Waals surface area contributed by atoms with Crippen molar-refractivity contribution in [2.75, 3.05) is 20.8 Å². The van der Waals surface area contributed by atoms with Crippen molar-refractivity contribution in [3.05, 3.63) is 42.0 Å². The summed E-state index contributed by atoms with van der Waals surface area (Å²) in [5, 5.41) is 2.56. The Morgan fingerprint density at radius 2 is 2.04 bits per heavy atom. The van der Waals surface area contributed by atoms with E-state index in [-0.39, 0.29) is 17.2 Å². The molecule has 0 bridgehead atoms. The first-order valence-corrected chi connectivity index (χ1v) is 7.14. The summed E-state index contributed by atoms with van der Waals surface area (Å²) in [4.78, 5) is 25.8. The van der Waals surface area contributed by atoms with Gasteiger partial charge in [0.05, 0.1) is 14.2 Å². The van der Waals surface area contributed by atoms with E-state index in [1.807, 2.05) is 0 Å². The van der Waals surface area contributed by atoms with Crippen LogP contribution in [0.5, 0.6) is 11.5 Å². The number of benzene rings is 1. The summed E-state index contributed by atoms with van der Waals surface area (Å²) in [6, 6.07) is 5.09. The maximum absolute atomic E-state index is 12.5. The zero-order chi connectivity index (χ0) is 17.0. The predicted octanol–water partition coefficient (Wildman–Crippen LogP) is 1.52. The van der Waals surface area contributed by atoms with Gasteiger partial charge in [-0.25, -0.2) is 0 Å². The Hall–Kier alpha value is -2.67. The Bertz CT molecular complexity index is 712. The SMILES string of the molecule is C=CCN1C(=O)/C(=C/c2ccc(OC)cc2OC)C(=O)NC1=S. The minimum absolute atomic E-state index is 0.0242. The van der Waals surface area contributed by atoms with Crippen LogP contribution in [-0.2, 0) is 9.59 Å². The predicted molar refractivity (Wildman–Crippen MR) is 90.2 cm³/mol. The smallest absolute Gasteiger partial charge is 0.265 e. The molecule has 23 heavy (non-hydrogen) atoms. The van der Waals surface area contributed by atoms with E-state index < -0.39 is 11.8 Å². The van der Waals surface area contributed by atoms with Crippen molar-refractivity contribution < 1.29 is 19.1 Å². The van der Waals surface area contributed by atoms with Gasteiger partial charge in [0.2, 0.25) is 0 Å². The van der Waals surface area contributed by atoms with Crippen LogP contribution in [0.1, 0.15) is 5.56 Å². The Kier molecular flexibility index (Phi) is 5.13. The van der Waals surface area contributed by atoms with Gasteiger partial charge >= 0.3 is 0 Å². The molecule has 0 atom stereocenters. The molecule has 2 rings (SSSR count). The van der Waals surface area contributed by atoms with E-state index >= 15 is 0 Å². The van der Waals surface area contributed by atoms with Crippen molar-refractivity contribution in [3.8, 4) is 11.5 Å². The van der Waals surface area contributed by atoms with Gasteiger partial charge in [-0.1, -0.05) is 6.08 Å². The maximum Gasteiger partial charge on any atom is 0.265 e. The molecule has 120 valence electrons. The normalized spacial score (nSPS) is 16.3. The van der Waals surface area contributed by atoms with Crippen molar-refractivity contribution in [1.82, 2.24) is 10.2 Å². The molecule has 0 spiro atoms. The van der Waals surface area contributed by atoms with Crippen LogP contribution in [0.2, 0.25) is 0 Å². The molecule has 1 aliphatic heterocycles. The van der Waals surface area contributed by atoms with Crippen LogP contribution in [0.25, 0.3) is 6.08 Å². The second kappa shape index (κ2) is 7.06. The Morgan fingerprint density at radius 3 is 2.65 bits per heavy atom. The molecule has 1 saturated heterocycles. The molecule has 1 fully saturated rings. The first kappa shape index (κ1) is 16.7. The Morgan fingerprint density at radius 1 is 1.30 bits per heavy atom. The minimum atomic E-state index is -0.543. The number of hydrogen-bond acceptors (Lipinski definition) is 5. The molecule has 7 heteroatoms. The van der Waals surface area contributed by atoms with Crippen LogP contribution in [0.4, 0.5) is 0 Å². The molecular weight excluding hydrogens is 316 g/mol. The van der Waals surface area contributed by atoms with Gasteiger partial charge < -0.3 is 9.47 Å². The second-order valence-corrected chi connectivity index (χ2v) is 5.02. The number of carbonyl (C=O) groups is 2. The van der Waals surface area contributed by atoms with E-state index in [4.69, 9.17) is 21.7 Å². The summed E-state index contributed by atoms with van der Waals surface area (Å²) in [5.41, 5.74) is 0.557. The van der Waals surface area contributed by atoms with Crippen LogP contribution >= 0.6 is 12.2 Å². The molecule has 1 N–H and O–H groups in total. The summed E-state index contributed by atoms with van der Waals surface area (Å²) in [5.74, 6) is 0.0773. The zero-order valence-corrected chi connectivity index (χ0v) is 13.6. The van der Waals surface area contributed by atoms with Crippen LogP contribution in [-0.4, -0.2) is 42.6 Å². The van der Waals surface area contributed by atoms with E-state index in [0.29, 0.717) is 17.1 Å². The molecule has 6 nitrogen and oxygen atoms in total. The van der Waals surface area contributed by atoms with Crippen molar-refractivity contribution in [2.24, 2.45) is 0 Å². The molecule has 0 aromatic heterocycles. The average Bonchev–Trinajstić information content (AvgIpc) is 2.55. The van der Waals surface area contributed by atoms with Crippen LogP contribution in [0.15, 0.2) is 36.4 Å². The Labute approximate surface area is 139 Å². The standard InChI is InChI=1S/C16H16N2O4S/c1-4-7-18-15(20)12(14(19)17-16(18)23)8-10-5-6-11(21-2)9-13(10)22-3/h4-6,8-9H,1,7H2,2-3H3,(H,17,19,23)/b12-8+. The van der Waals surface area contributed by atoms with Gasteiger partial charge in [-0.15, -0.1) is 6.58 Å². The van der Waals surface area contributed by atoms with Crippen LogP contribution < -0.4 is 14.8 Å². The van der Waals surface area contributed by atoms with Crippen molar-refractivity contribution in [1.29, 1.82) is 0 Å². The van der Waals surface area contributed by atoms with Gasteiger partial charge in [-0.05, 0) is 30.4 Å². The summed E-state index contributed by atoms with van der Waals surface area (Å²) in [6.45, 7) is 3.80. The molecule has 1 aliphatic rings. The molecule has 0 saturated carbocycles. The van der Waals surface area contributed by atoms with Gasteiger partial charge in [0.15, 0.2) is 5.11 Å². The molecule has 0 unspecified atom stereocenters. The van der Waals surface area contributed by atoms with E-state index in [0.717, 1.165) is 0 Å². The minimum Gasteiger partial charge on any atom is -0.497 e. The zero-order valence-electron chi connectivity index (χ0n) is 12.8. The van der Waals surface area contributed by atoms with Gasteiger partial charge in [-0.2, -0.15) is 0 Å². The summed E-state index contributed by atoms with van der Waals surface area (Å²) < 4.78 is 10.4. The molecule has 1 aromatic rings. The largest absolute Gasteiger partial charge is 0.497 e. The lowest BCUT2D eigenvalue weighted by Gasteiger charge is -2.27. The summed E-state index contributed by atoms with van der Waals surface area (Å²) in [7, 11) is 3.04. The second-order valence-electron chi connectivity index (χ2n) is 4.63. The highest BCUT2D eigenvalue weighted by molar-refractivity contribution is 7.80. The molecular formula is C16H16N2O4S. The number of carbonyl (C=O) groups excluding carboxylic acids is 2. The van der Waals surface area contributed by atoms with Gasteiger partial charge in [0.1, 0.15) is 17.1 Å². The highest BCUT2D eigenvalue weighted by Gasteiger charge is 2.32. The van der Waals surface area contributed by atoms with Crippen molar-refractivity contribution in [3.63, 3.8) is 0 Å². The van der Waals surface area contributed by atoms with Crippen molar-refractivity contribution in [2.45, 2.75) is 0 Å². The van der Waals surface area contributed by atoms with Gasteiger partial charge in [0, 0.05) is 18.2 Å². The van der Waals surface area contributed by atoms with Crippen molar-refractivity contribution >= 4 is 35.2 Å². The van der Waals surface area contributed by atoms with Crippen LogP contribution in [0.3, 0.4) is 0 Å².